The van der Waals surface area contributed by atoms with E-state index in [9.17, 15) is 4.79 Å². The third-order valence-electron chi connectivity index (χ3n) is 3.03. The van der Waals surface area contributed by atoms with E-state index in [1.54, 1.807) is 30.3 Å². The second-order valence-corrected chi connectivity index (χ2v) is 5.26. The van der Waals surface area contributed by atoms with E-state index < -0.39 is 11.7 Å². The van der Waals surface area contributed by atoms with Crippen LogP contribution in [0.5, 0.6) is 0 Å². The highest BCUT2D eigenvalue weighted by molar-refractivity contribution is 6.44. The molecule has 0 unspecified atom stereocenters. The number of carboxylic acid groups (broad SMARTS) is 1. The molecular weight excluding hydrogens is 327 g/mol. The van der Waals surface area contributed by atoms with Crippen molar-refractivity contribution in [3.63, 3.8) is 0 Å². The van der Waals surface area contributed by atoms with Gasteiger partial charge in [-0.25, -0.2) is 4.79 Å². The van der Waals surface area contributed by atoms with Gasteiger partial charge in [-0.3, -0.25) is 0 Å². The summed E-state index contributed by atoms with van der Waals surface area (Å²) in [6.07, 6.45) is 0. The molecule has 5 nitrogen and oxygen atoms in total. The van der Waals surface area contributed by atoms with Crippen LogP contribution in [0.1, 0.15) is 11.1 Å². The first-order valence-electron chi connectivity index (χ1n) is 6.22. The fourth-order valence-corrected chi connectivity index (χ4v) is 2.38. The second kappa shape index (κ2) is 6.68. The first-order valence-corrected chi connectivity index (χ1v) is 6.97. The molecule has 2 rings (SSSR count). The Hall–Kier alpha value is -2.24. The van der Waals surface area contributed by atoms with E-state index in [1.807, 2.05) is 6.92 Å². The van der Waals surface area contributed by atoms with Crippen molar-refractivity contribution in [1.82, 2.24) is 0 Å². The number of anilines is 2. The summed E-state index contributed by atoms with van der Waals surface area (Å²) in [5.41, 5.74) is 1.42. The zero-order chi connectivity index (χ0) is 16.3. The van der Waals surface area contributed by atoms with E-state index in [0.717, 1.165) is 5.56 Å². The first-order chi connectivity index (χ1) is 10.5. The third kappa shape index (κ3) is 3.16. The molecule has 22 heavy (non-hydrogen) atoms. The smallest absolute Gasteiger partial charge is 0.358 e. The summed E-state index contributed by atoms with van der Waals surface area (Å²) in [5, 5.41) is 24.7. The number of aryl methyl sites for hydroxylation is 1. The Morgan fingerprint density at radius 3 is 2.50 bits per heavy atom. The number of halogens is 2. The quantitative estimate of drug-likeness (QED) is 0.440. The molecule has 2 aromatic carbocycles. The maximum Gasteiger partial charge on any atom is 0.358 e. The van der Waals surface area contributed by atoms with Gasteiger partial charge in [-0.2, -0.15) is 0 Å². The lowest BCUT2D eigenvalue weighted by molar-refractivity contribution is -0.129. The number of carbonyl (C=O) groups is 1. The molecular formula is C15H12Cl2N2O3. The lowest BCUT2D eigenvalue weighted by atomic mass is 10.1. The van der Waals surface area contributed by atoms with Crippen molar-refractivity contribution in [1.29, 1.82) is 0 Å². The van der Waals surface area contributed by atoms with Crippen molar-refractivity contribution < 1.29 is 15.1 Å². The lowest BCUT2D eigenvalue weighted by Gasteiger charge is -2.15. The molecule has 0 aliphatic rings. The Bertz CT molecular complexity index is 760. The minimum atomic E-state index is -1.35. The number of hydrogen-bond donors (Lipinski definition) is 3. The molecule has 0 bridgehead atoms. The number of benzene rings is 2. The summed E-state index contributed by atoms with van der Waals surface area (Å²) in [5.74, 6) is -1.35. The lowest BCUT2D eigenvalue weighted by Crippen LogP contribution is -2.16. The summed E-state index contributed by atoms with van der Waals surface area (Å²) in [6.45, 7) is 1.83. The van der Waals surface area contributed by atoms with E-state index >= 15 is 0 Å². The highest BCUT2D eigenvalue weighted by Crippen LogP contribution is 2.36. The molecule has 0 radical (unpaired) electrons. The summed E-state index contributed by atoms with van der Waals surface area (Å²) < 4.78 is 0. The van der Waals surface area contributed by atoms with Crippen molar-refractivity contribution in [2.24, 2.45) is 5.16 Å². The van der Waals surface area contributed by atoms with Gasteiger partial charge in [-0.05, 0) is 24.6 Å². The Labute approximate surface area is 136 Å². The van der Waals surface area contributed by atoms with Gasteiger partial charge in [0, 0.05) is 11.3 Å². The molecule has 0 atom stereocenters. The van der Waals surface area contributed by atoms with Crippen molar-refractivity contribution in [3.05, 3.63) is 57.6 Å². The minimum absolute atomic E-state index is 0.214. The first kappa shape index (κ1) is 16.1. The molecule has 0 amide bonds. The average Bonchev–Trinajstić information content (AvgIpc) is 2.49. The zero-order valence-electron chi connectivity index (χ0n) is 11.5. The second-order valence-electron chi connectivity index (χ2n) is 4.48. The molecule has 0 spiro atoms. The predicted molar refractivity (Wildman–Crippen MR) is 86.9 cm³/mol. The van der Waals surface area contributed by atoms with Crippen LogP contribution >= 0.6 is 23.2 Å². The summed E-state index contributed by atoms with van der Waals surface area (Å²) in [7, 11) is 0. The molecule has 3 N–H and O–H groups in total. The number of nitrogens with zero attached hydrogens (tertiary/aromatic N) is 1. The Kier molecular flexibility index (Phi) is 4.90. The number of para-hydroxylation sites is 1. The monoisotopic (exact) mass is 338 g/mol. The highest BCUT2D eigenvalue weighted by Gasteiger charge is 2.18. The van der Waals surface area contributed by atoms with Gasteiger partial charge in [0.05, 0.1) is 15.7 Å². The fraction of sp³-hybridized carbons (Fsp3) is 0.0667. The molecule has 0 aromatic heterocycles. The van der Waals surface area contributed by atoms with Crippen LogP contribution in [0.15, 0.2) is 41.6 Å². The maximum atomic E-state index is 11.2. The number of nitrogens with one attached hydrogen (secondary N) is 1. The number of aliphatic carboxylic acids is 1. The van der Waals surface area contributed by atoms with Crippen LogP contribution in [0.25, 0.3) is 0 Å². The molecule has 0 heterocycles. The Balaban J connectivity index is 2.53. The molecule has 0 aliphatic heterocycles. The minimum Gasteiger partial charge on any atom is -0.476 e. The van der Waals surface area contributed by atoms with Crippen LogP contribution in [-0.2, 0) is 4.79 Å². The van der Waals surface area contributed by atoms with Crippen molar-refractivity contribution in [2.45, 2.75) is 6.92 Å². The largest absolute Gasteiger partial charge is 0.476 e. The summed E-state index contributed by atoms with van der Waals surface area (Å²) >= 11 is 12.4. The van der Waals surface area contributed by atoms with E-state index in [4.69, 9.17) is 33.5 Å². The summed E-state index contributed by atoms with van der Waals surface area (Å²) in [4.78, 5) is 11.2. The number of oxime groups is 1. The number of hydrogen-bond acceptors (Lipinski definition) is 4. The van der Waals surface area contributed by atoms with Gasteiger partial charge in [0.15, 0.2) is 5.71 Å². The van der Waals surface area contributed by atoms with Gasteiger partial charge in [0.25, 0.3) is 0 Å². The van der Waals surface area contributed by atoms with E-state index in [2.05, 4.69) is 10.5 Å². The fourth-order valence-electron chi connectivity index (χ4n) is 1.92. The van der Waals surface area contributed by atoms with Crippen LogP contribution in [0.3, 0.4) is 0 Å². The van der Waals surface area contributed by atoms with Crippen LogP contribution < -0.4 is 5.32 Å². The van der Waals surface area contributed by atoms with Crippen LogP contribution in [0, 0.1) is 6.92 Å². The standard InChI is InChI=1S/C15H12Cl2N2O3/c1-8-6-7-10(16)14(12(8)17)18-11-5-3-2-4-9(11)13(19-22)15(20)21/h2-7,18,22H,1H3,(H,20,21). The van der Waals surface area contributed by atoms with Crippen molar-refractivity contribution in [2.75, 3.05) is 5.32 Å². The third-order valence-corrected chi connectivity index (χ3v) is 3.83. The van der Waals surface area contributed by atoms with Gasteiger partial charge in [0.2, 0.25) is 0 Å². The number of carboxylic acids is 1. The molecule has 0 saturated carbocycles. The highest BCUT2D eigenvalue weighted by atomic mass is 35.5. The van der Waals surface area contributed by atoms with E-state index in [1.165, 1.54) is 6.07 Å². The molecule has 114 valence electrons. The van der Waals surface area contributed by atoms with E-state index in [-0.39, 0.29) is 5.56 Å². The number of rotatable bonds is 4. The van der Waals surface area contributed by atoms with Crippen LogP contribution in [0.4, 0.5) is 11.4 Å². The molecule has 7 heteroatoms. The molecule has 0 aliphatic carbocycles. The summed E-state index contributed by atoms with van der Waals surface area (Å²) in [6, 6.07) is 9.96. The maximum absolute atomic E-state index is 11.2. The SMILES string of the molecule is Cc1ccc(Cl)c(Nc2ccccc2C(=NO)C(=O)O)c1Cl. The zero-order valence-corrected chi connectivity index (χ0v) is 13.0. The van der Waals surface area contributed by atoms with Crippen LogP contribution in [0.2, 0.25) is 10.0 Å². The normalized spacial score (nSPS) is 11.3. The molecule has 0 fully saturated rings. The van der Waals surface area contributed by atoms with Gasteiger partial charge in [-0.1, -0.05) is 52.6 Å². The van der Waals surface area contributed by atoms with Gasteiger partial charge >= 0.3 is 5.97 Å². The average molecular weight is 339 g/mol. The Morgan fingerprint density at radius 2 is 1.86 bits per heavy atom. The van der Waals surface area contributed by atoms with Gasteiger partial charge in [-0.15, -0.1) is 0 Å². The van der Waals surface area contributed by atoms with Gasteiger partial charge in [0.1, 0.15) is 0 Å². The van der Waals surface area contributed by atoms with Crippen molar-refractivity contribution in [3.8, 4) is 0 Å². The molecule has 2 aromatic rings. The van der Waals surface area contributed by atoms with Crippen molar-refractivity contribution >= 4 is 46.3 Å². The van der Waals surface area contributed by atoms with E-state index in [0.29, 0.717) is 21.4 Å². The van der Waals surface area contributed by atoms with Gasteiger partial charge < -0.3 is 15.6 Å². The molecule has 0 saturated heterocycles. The predicted octanol–water partition coefficient (Wildman–Crippen LogP) is 4.31. The topological polar surface area (TPSA) is 81.9 Å². The Morgan fingerprint density at radius 1 is 1.18 bits per heavy atom. The van der Waals surface area contributed by atoms with Crippen LogP contribution in [-0.4, -0.2) is 22.0 Å².